The van der Waals surface area contributed by atoms with Gasteiger partial charge in [-0.25, -0.2) is 0 Å². The van der Waals surface area contributed by atoms with E-state index in [-0.39, 0.29) is 17.9 Å². The Morgan fingerprint density at radius 1 is 1.04 bits per heavy atom. The lowest BCUT2D eigenvalue weighted by molar-refractivity contribution is -0.147. The number of carbonyl (C=O) groups is 2. The van der Waals surface area contributed by atoms with Crippen molar-refractivity contribution >= 4 is 23.6 Å². The van der Waals surface area contributed by atoms with Gasteiger partial charge in [-0.1, -0.05) is 20.8 Å². The summed E-state index contributed by atoms with van der Waals surface area (Å²) in [6.07, 6.45) is 3.69. The summed E-state index contributed by atoms with van der Waals surface area (Å²) in [5, 5.41) is 0. The van der Waals surface area contributed by atoms with Crippen LogP contribution in [0.3, 0.4) is 0 Å². The smallest absolute Gasteiger partial charge is 0.246 e. The van der Waals surface area contributed by atoms with Gasteiger partial charge in [0.15, 0.2) is 0 Å². The molecule has 0 aromatic carbocycles. The van der Waals surface area contributed by atoms with Gasteiger partial charge < -0.3 is 9.80 Å². The second-order valence-electron chi connectivity index (χ2n) is 7.99. The minimum atomic E-state index is -0.426. The number of nitrogens with zero attached hydrogens (tertiary/aromatic N) is 3. The molecular weight excluding hydrogens is 310 g/mol. The molecule has 3 fully saturated rings. The second-order valence-corrected chi connectivity index (χ2v) is 8.99. The zero-order valence-corrected chi connectivity index (χ0v) is 15.4. The van der Waals surface area contributed by atoms with Crippen molar-refractivity contribution in [1.29, 1.82) is 0 Å². The van der Waals surface area contributed by atoms with E-state index in [4.69, 9.17) is 0 Å². The molecule has 5 nitrogen and oxygen atoms in total. The summed E-state index contributed by atoms with van der Waals surface area (Å²) >= 11 is 1.69. The summed E-state index contributed by atoms with van der Waals surface area (Å²) in [7, 11) is 0. The molecule has 0 bridgehead atoms. The lowest BCUT2D eigenvalue weighted by Gasteiger charge is -2.32. The molecule has 130 valence electrons. The van der Waals surface area contributed by atoms with Gasteiger partial charge in [-0.05, 0) is 19.3 Å². The fraction of sp³-hybridized carbons (Fsp3) is 0.882. The fourth-order valence-corrected chi connectivity index (χ4v) is 4.60. The van der Waals surface area contributed by atoms with Gasteiger partial charge >= 0.3 is 0 Å². The van der Waals surface area contributed by atoms with Crippen LogP contribution < -0.4 is 0 Å². The van der Waals surface area contributed by atoms with E-state index in [1.807, 2.05) is 25.7 Å². The highest BCUT2D eigenvalue weighted by atomic mass is 32.2. The molecule has 23 heavy (non-hydrogen) atoms. The van der Waals surface area contributed by atoms with E-state index in [1.54, 1.807) is 16.7 Å². The van der Waals surface area contributed by atoms with Crippen LogP contribution in [0.1, 0.15) is 40.0 Å². The largest absolute Gasteiger partial charge is 0.340 e. The maximum Gasteiger partial charge on any atom is 0.246 e. The van der Waals surface area contributed by atoms with E-state index in [1.165, 1.54) is 12.8 Å². The molecule has 0 N–H and O–H groups in total. The summed E-state index contributed by atoms with van der Waals surface area (Å²) in [5.41, 5.74) is -0.426. The van der Waals surface area contributed by atoms with Crippen LogP contribution in [0.15, 0.2) is 0 Å². The Bertz CT molecular complexity index is 473. The summed E-state index contributed by atoms with van der Waals surface area (Å²) in [6.45, 7) is 9.54. The predicted octanol–water partition coefficient (Wildman–Crippen LogP) is 1.63. The summed E-state index contributed by atoms with van der Waals surface area (Å²) in [6, 6.07) is 0.505. The van der Waals surface area contributed by atoms with Crippen molar-refractivity contribution in [3.63, 3.8) is 0 Å². The van der Waals surface area contributed by atoms with Crippen molar-refractivity contribution < 1.29 is 9.59 Å². The van der Waals surface area contributed by atoms with Crippen LogP contribution in [0.25, 0.3) is 0 Å². The third-order valence-electron chi connectivity index (χ3n) is 4.98. The molecule has 3 aliphatic rings. The molecule has 0 aromatic rings. The molecule has 0 spiro atoms. The van der Waals surface area contributed by atoms with Crippen LogP contribution in [-0.4, -0.2) is 76.4 Å². The Hall–Kier alpha value is -0.750. The third-order valence-corrected chi connectivity index (χ3v) is 5.99. The number of hydrogen-bond acceptors (Lipinski definition) is 4. The van der Waals surface area contributed by atoms with Crippen LogP contribution in [0.5, 0.6) is 0 Å². The van der Waals surface area contributed by atoms with E-state index in [0.717, 1.165) is 44.4 Å². The number of amides is 2. The van der Waals surface area contributed by atoms with E-state index in [0.29, 0.717) is 5.88 Å². The molecule has 1 atom stereocenters. The molecule has 2 saturated heterocycles. The average Bonchev–Trinajstić information content (AvgIpc) is 3.26. The van der Waals surface area contributed by atoms with Gasteiger partial charge in [-0.15, -0.1) is 11.8 Å². The Labute approximate surface area is 143 Å². The van der Waals surface area contributed by atoms with Crippen molar-refractivity contribution in [2.24, 2.45) is 5.41 Å². The molecule has 6 heteroatoms. The highest BCUT2D eigenvalue weighted by Crippen LogP contribution is 2.30. The number of thioether (sulfide) groups is 1. The van der Waals surface area contributed by atoms with Crippen molar-refractivity contribution in [2.75, 3.05) is 37.8 Å². The highest BCUT2D eigenvalue weighted by molar-refractivity contribution is 7.99. The summed E-state index contributed by atoms with van der Waals surface area (Å²) in [5.74, 6) is 1.64. The molecule has 1 saturated carbocycles. The first-order valence-electron chi connectivity index (χ1n) is 8.79. The summed E-state index contributed by atoms with van der Waals surface area (Å²) in [4.78, 5) is 31.9. The zero-order chi connectivity index (χ0) is 16.6. The zero-order valence-electron chi connectivity index (χ0n) is 14.6. The molecular formula is C17H29N3O2S. The molecule has 3 rings (SSSR count). The fourth-order valence-electron chi connectivity index (χ4n) is 3.45. The van der Waals surface area contributed by atoms with Crippen molar-refractivity contribution in [2.45, 2.75) is 52.1 Å². The van der Waals surface area contributed by atoms with Crippen LogP contribution in [0, 0.1) is 5.41 Å². The van der Waals surface area contributed by atoms with Gasteiger partial charge in [0, 0.05) is 43.4 Å². The molecule has 2 aliphatic heterocycles. The number of carbonyl (C=O) groups excluding carboxylic acids is 2. The van der Waals surface area contributed by atoms with Crippen molar-refractivity contribution in [3.05, 3.63) is 0 Å². The standard InChI is InChI=1S/C17H29N3O2S/c1-17(2,3)16(22)20-12-23-11-14(20)15(21)19-8-4-7-18(9-10-19)13-5-6-13/h13-14H,4-12H2,1-3H3/t14-/m1/s1. The first-order chi connectivity index (χ1) is 10.9. The Balaban J connectivity index is 1.63. The first kappa shape index (κ1) is 17.1. The van der Waals surface area contributed by atoms with Crippen LogP contribution in [-0.2, 0) is 9.59 Å². The lowest BCUT2D eigenvalue weighted by Crippen LogP contribution is -2.52. The molecule has 1 aliphatic carbocycles. The topological polar surface area (TPSA) is 43.9 Å². The minimum Gasteiger partial charge on any atom is -0.340 e. The van der Waals surface area contributed by atoms with E-state index in [9.17, 15) is 9.59 Å². The average molecular weight is 340 g/mol. The number of rotatable bonds is 2. The Kier molecular flexibility index (Phi) is 4.93. The van der Waals surface area contributed by atoms with Crippen LogP contribution in [0.2, 0.25) is 0 Å². The molecule has 2 amide bonds. The molecule has 0 radical (unpaired) electrons. The minimum absolute atomic E-state index is 0.0929. The molecule has 0 unspecified atom stereocenters. The Morgan fingerprint density at radius 3 is 2.43 bits per heavy atom. The summed E-state index contributed by atoms with van der Waals surface area (Å²) < 4.78 is 0. The van der Waals surface area contributed by atoms with Gasteiger partial charge in [0.1, 0.15) is 6.04 Å². The van der Waals surface area contributed by atoms with E-state index < -0.39 is 5.41 Å². The maximum atomic E-state index is 13.0. The van der Waals surface area contributed by atoms with E-state index >= 15 is 0 Å². The highest BCUT2D eigenvalue weighted by Gasteiger charge is 2.41. The monoisotopic (exact) mass is 339 g/mol. The van der Waals surface area contributed by atoms with Gasteiger partial charge in [0.2, 0.25) is 11.8 Å². The van der Waals surface area contributed by atoms with Gasteiger partial charge in [-0.3, -0.25) is 14.5 Å². The van der Waals surface area contributed by atoms with Gasteiger partial charge in [0.05, 0.1) is 5.88 Å². The van der Waals surface area contributed by atoms with Crippen molar-refractivity contribution in [1.82, 2.24) is 14.7 Å². The quantitative estimate of drug-likeness (QED) is 0.767. The first-order valence-corrected chi connectivity index (χ1v) is 9.95. The van der Waals surface area contributed by atoms with Gasteiger partial charge in [-0.2, -0.15) is 0 Å². The van der Waals surface area contributed by atoms with Crippen molar-refractivity contribution in [3.8, 4) is 0 Å². The van der Waals surface area contributed by atoms with Crippen LogP contribution in [0.4, 0.5) is 0 Å². The number of hydrogen-bond donors (Lipinski definition) is 0. The normalized spacial score (nSPS) is 27.2. The third kappa shape index (κ3) is 3.85. The Morgan fingerprint density at radius 2 is 1.78 bits per heavy atom. The SMILES string of the molecule is CC(C)(C)C(=O)N1CSC[C@@H]1C(=O)N1CCCN(C2CC2)CC1. The second kappa shape index (κ2) is 6.63. The lowest BCUT2D eigenvalue weighted by atomic mass is 9.94. The van der Waals surface area contributed by atoms with E-state index in [2.05, 4.69) is 4.90 Å². The van der Waals surface area contributed by atoms with Crippen LogP contribution >= 0.6 is 11.8 Å². The van der Waals surface area contributed by atoms with Gasteiger partial charge in [0.25, 0.3) is 0 Å². The maximum absolute atomic E-state index is 13.0. The predicted molar refractivity (Wildman–Crippen MR) is 93.2 cm³/mol. The molecule has 0 aromatic heterocycles. The molecule has 2 heterocycles.